The predicted octanol–water partition coefficient (Wildman–Crippen LogP) is 0.241. The van der Waals surface area contributed by atoms with E-state index in [1.165, 1.54) is 0 Å². The second kappa shape index (κ2) is 5.16. The van der Waals surface area contributed by atoms with Crippen LogP contribution in [0.5, 0.6) is 0 Å². The van der Waals surface area contributed by atoms with Crippen LogP contribution in [0.3, 0.4) is 0 Å². The van der Waals surface area contributed by atoms with Crippen LogP contribution in [0.15, 0.2) is 6.07 Å². The van der Waals surface area contributed by atoms with Crippen LogP contribution in [-0.2, 0) is 11.8 Å². The van der Waals surface area contributed by atoms with Gasteiger partial charge >= 0.3 is 5.97 Å². The smallest absolute Gasteiger partial charge is 0.322 e. The molecule has 2 rings (SSSR count). The summed E-state index contributed by atoms with van der Waals surface area (Å²) < 4.78 is 1.74. The molecule has 106 valence electrons. The summed E-state index contributed by atoms with van der Waals surface area (Å²) in [6, 6.07) is 1.58. The molecule has 0 saturated carbocycles. The Labute approximate surface area is 114 Å². The monoisotopic (exact) mass is 277 g/mol. The number of hydrogen-bond acceptors (Lipinski definition) is 4. The Bertz CT molecular complexity index is 671. The lowest BCUT2D eigenvalue weighted by Crippen LogP contribution is -2.29. The van der Waals surface area contributed by atoms with Gasteiger partial charge in [-0.15, -0.1) is 0 Å². The maximum Gasteiger partial charge on any atom is 0.322 e. The van der Waals surface area contributed by atoms with Crippen LogP contribution in [-0.4, -0.2) is 43.5 Å². The summed E-state index contributed by atoms with van der Waals surface area (Å²) in [6.07, 6.45) is 0. The molecule has 0 aliphatic heterocycles. The van der Waals surface area contributed by atoms with Crippen molar-refractivity contribution in [2.45, 2.75) is 13.8 Å². The third-order valence-electron chi connectivity index (χ3n) is 2.99. The van der Waals surface area contributed by atoms with Crippen molar-refractivity contribution >= 4 is 11.9 Å². The van der Waals surface area contributed by atoms with Gasteiger partial charge in [0.05, 0.1) is 11.4 Å². The molecular weight excluding hydrogens is 262 g/mol. The van der Waals surface area contributed by atoms with Crippen molar-refractivity contribution in [2.75, 3.05) is 6.54 Å². The van der Waals surface area contributed by atoms with Crippen LogP contribution in [0.2, 0.25) is 0 Å². The van der Waals surface area contributed by atoms with Gasteiger partial charge in [0.2, 0.25) is 0 Å². The lowest BCUT2D eigenvalue weighted by molar-refractivity contribution is -0.135. The number of H-pyrrole nitrogens is 1. The third-order valence-corrected chi connectivity index (χ3v) is 2.99. The summed E-state index contributed by atoms with van der Waals surface area (Å²) in [5.74, 6) is -1.61. The minimum Gasteiger partial charge on any atom is -0.480 e. The lowest BCUT2D eigenvalue weighted by Gasteiger charge is -1.98. The normalized spacial score (nSPS) is 10.6. The van der Waals surface area contributed by atoms with E-state index < -0.39 is 18.4 Å². The van der Waals surface area contributed by atoms with Crippen molar-refractivity contribution in [1.29, 1.82) is 0 Å². The van der Waals surface area contributed by atoms with Gasteiger partial charge < -0.3 is 10.4 Å². The molecule has 0 unspecified atom stereocenters. The van der Waals surface area contributed by atoms with Crippen molar-refractivity contribution in [3.05, 3.63) is 23.1 Å². The van der Waals surface area contributed by atoms with Crippen molar-refractivity contribution in [3.8, 4) is 11.3 Å². The highest BCUT2D eigenvalue weighted by molar-refractivity contribution is 5.95. The van der Waals surface area contributed by atoms with Gasteiger partial charge in [-0.1, -0.05) is 0 Å². The number of hydrogen-bond donors (Lipinski definition) is 3. The van der Waals surface area contributed by atoms with E-state index in [0.717, 1.165) is 17.0 Å². The molecule has 1 amide bonds. The molecule has 0 aliphatic carbocycles. The Morgan fingerprint density at radius 1 is 1.45 bits per heavy atom. The average molecular weight is 277 g/mol. The SMILES string of the molecule is Cc1nn(C)c(C)c1-c1cc(C(=O)NCC(=O)O)[nH]n1. The molecule has 8 nitrogen and oxygen atoms in total. The molecule has 0 spiro atoms. The summed E-state index contributed by atoms with van der Waals surface area (Å²) in [5.41, 5.74) is 3.43. The first-order chi connectivity index (χ1) is 9.40. The summed E-state index contributed by atoms with van der Waals surface area (Å²) in [4.78, 5) is 22.1. The predicted molar refractivity (Wildman–Crippen MR) is 70.2 cm³/mol. The number of carboxylic acid groups (broad SMARTS) is 1. The fourth-order valence-electron chi connectivity index (χ4n) is 1.96. The van der Waals surface area contributed by atoms with Crippen LogP contribution in [0.25, 0.3) is 11.3 Å². The maximum absolute atomic E-state index is 11.7. The summed E-state index contributed by atoms with van der Waals surface area (Å²) >= 11 is 0. The Balaban J connectivity index is 2.25. The molecule has 2 aromatic rings. The average Bonchev–Trinajstić information content (AvgIpc) is 2.93. The zero-order valence-corrected chi connectivity index (χ0v) is 11.4. The van der Waals surface area contributed by atoms with Crippen LogP contribution in [0.4, 0.5) is 0 Å². The van der Waals surface area contributed by atoms with Gasteiger partial charge in [0.25, 0.3) is 5.91 Å². The van der Waals surface area contributed by atoms with E-state index in [9.17, 15) is 9.59 Å². The quantitative estimate of drug-likeness (QED) is 0.741. The Morgan fingerprint density at radius 2 is 2.15 bits per heavy atom. The number of carbonyl (C=O) groups is 2. The molecule has 0 saturated heterocycles. The zero-order chi connectivity index (χ0) is 14.9. The van der Waals surface area contributed by atoms with Gasteiger partial charge in [-0.3, -0.25) is 19.4 Å². The molecule has 0 aromatic carbocycles. The number of carbonyl (C=O) groups excluding carboxylic acids is 1. The van der Waals surface area contributed by atoms with E-state index in [1.54, 1.807) is 10.7 Å². The zero-order valence-electron chi connectivity index (χ0n) is 11.4. The molecule has 0 bridgehead atoms. The van der Waals surface area contributed by atoms with Crippen LogP contribution in [0, 0.1) is 13.8 Å². The molecule has 0 aliphatic rings. The molecule has 3 N–H and O–H groups in total. The lowest BCUT2D eigenvalue weighted by atomic mass is 10.1. The molecule has 2 aromatic heterocycles. The van der Waals surface area contributed by atoms with Crippen molar-refractivity contribution in [1.82, 2.24) is 25.3 Å². The number of rotatable bonds is 4. The number of aromatic amines is 1. The van der Waals surface area contributed by atoms with Gasteiger partial charge in [-0.2, -0.15) is 10.2 Å². The maximum atomic E-state index is 11.7. The second-order valence-corrected chi connectivity index (χ2v) is 4.41. The highest BCUT2D eigenvalue weighted by Gasteiger charge is 2.17. The Kier molecular flexibility index (Phi) is 3.55. The first-order valence-corrected chi connectivity index (χ1v) is 5.96. The highest BCUT2D eigenvalue weighted by atomic mass is 16.4. The molecule has 0 atom stereocenters. The number of aliphatic carboxylic acids is 1. The van der Waals surface area contributed by atoms with Gasteiger partial charge in [-0.05, 0) is 19.9 Å². The molecule has 8 heteroatoms. The fourth-order valence-corrected chi connectivity index (χ4v) is 1.96. The minimum absolute atomic E-state index is 0.212. The van der Waals surface area contributed by atoms with E-state index in [2.05, 4.69) is 20.6 Å². The second-order valence-electron chi connectivity index (χ2n) is 4.41. The largest absolute Gasteiger partial charge is 0.480 e. The van der Waals surface area contributed by atoms with Crippen LogP contribution in [0.1, 0.15) is 21.9 Å². The van der Waals surface area contributed by atoms with Gasteiger partial charge in [0.15, 0.2) is 0 Å². The molecule has 0 radical (unpaired) electrons. The molecule has 0 fully saturated rings. The number of aryl methyl sites for hydroxylation is 2. The van der Waals surface area contributed by atoms with Crippen LogP contribution < -0.4 is 5.32 Å². The first-order valence-electron chi connectivity index (χ1n) is 5.96. The standard InChI is InChI=1S/C12H15N5O3/c1-6-11(7(2)17(3)16-6)8-4-9(15-14-8)12(20)13-5-10(18)19/h4H,5H2,1-3H3,(H,13,20)(H,14,15)(H,18,19). The molecule has 20 heavy (non-hydrogen) atoms. The Hall–Kier alpha value is -2.64. The van der Waals surface area contributed by atoms with E-state index >= 15 is 0 Å². The van der Waals surface area contributed by atoms with E-state index in [0.29, 0.717) is 5.69 Å². The molecule has 2 heterocycles. The fraction of sp³-hybridized carbons (Fsp3) is 0.333. The number of nitrogens with zero attached hydrogens (tertiary/aromatic N) is 3. The van der Waals surface area contributed by atoms with Crippen LogP contribution >= 0.6 is 0 Å². The van der Waals surface area contributed by atoms with E-state index in [-0.39, 0.29) is 5.69 Å². The summed E-state index contributed by atoms with van der Waals surface area (Å²) in [7, 11) is 1.83. The first kappa shape index (κ1) is 13.8. The number of amides is 1. The van der Waals surface area contributed by atoms with Crippen molar-refractivity contribution in [3.63, 3.8) is 0 Å². The third kappa shape index (κ3) is 2.53. The van der Waals surface area contributed by atoms with Gasteiger partial charge in [-0.25, -0.2) is 0 Å². The van der Waals surface area contributed by atoms with E-state index in [4.69, 9.17) is 5.11 Å². The number of carboxylic acids is 1. The molecular formula is C12H15N5O3. The summed E-state index contributed by atoms with van der Waals surface area (Å²) in [5, 5.41) is 21.8. The van der Waals surface area contributed by atoms with Gasteiger partial charge in [0.1, 0.15) is 12.2 Å². The van der Waals surface area contributed by atoms with Gasteiger partial charge in [0, 0.05) is 18.3 Å². The highest BCUT2D eigenvalue weighted by Crippen LogP contribution is 2.24. The van der Waals surface area contributed by atoms with Crippen molar-refractivity contribution < 1.29 is 14.7 Å². The number of nitrogens with one attached hydrogen (secondary N) is 2. The Morgan fingerprint density at radius 3 is 2.70 bits per heavy atom. The topological polar surface area (TPSA) is 113 Å². The van der Waals surface area contributed by atoms with E-state index in [1.807, 2.05) is 20.9 Å². The van der Waals surface area contributed by atoms with Crippen molar-refractivity contribution in [2.24, 2.45) is 7.05 Å². The minimum atomic E-state index is -1.10. The number of aromatic nitrogens is 4. The summed E-state index contributed by atoms with van der Waals surface area (Å²) in [6.45, 7) is 3.34.